The molecule has 2 aromatic carbocycles. The first-order valence-corrected chi connectivity index (χ1v) is 7.32. The van der Waals surface area contributed by atoms with Gasteiger partial charge < -0.3 is 4.74 Å². The molecular weight excluding hydrogens is 363 g/mol. The molecule has 0 N–H and O–H groups in total. The normalized spacial score (nSPS) is 10.4. The number of halogens is 3. The molecule has 0 heterocycles. The molecule has 4 heteroatoms. The topological polar surface area (TPSA) is 9.23 Å². The third-order valence-corrected chi connectivity index (χ3v) is 3.61. The third kappa shape index (κ3) is 3.56. The van der Waals surface area contributed by atoms with E-state index in [0.29, 0.717) is 17.7 Å². The molecule has 94 valence electrons. The highest BCUT2D eigenvalue weighted by molar-refractivity contribution is 9.10. The van der Waals surface area contributed by atoms with E-state index in [9.17, 15) is 4.39 Å². The molecule has 0 bridgehead atoms. The van der Waals surface area contributed by atoms with Gasteiger partial charge in [-0.3, -0.25) is 0 Å². The van der Waals surface area contributed by atoms with Crippen LogP contribution in [0.5, 0.6) is 5.75 Å². The molecule has 0 amide bonds. The fourth-order valence-electron chi connectivity index (χ4n) is 1.53. The fourth-order valence-corrected chi connectivity index (χ4v) is 2.24. The average molecular weight is 374 g/mol. The highest BCUT2D eigenvalue weighted by Gasteiger charge is 2.04. The monoisotopic (exact) mass is 372 g/mol. The second-order valence-electron chi connectivity index (χ2n) is 3.80. The van der Waals surface area contributed by atoms with Crippen LogP contribution in [0.3, 0.4) is 0 Å². The van der Waals surface area contributed by atoms with Crippen LogP contribution in [0.25, 0.3) is 0 Å². The van der Waals surface area contributed by atoms with Crippen LogP contribution in [-0.4, -0.2) is 0 Å². The van der Waals surface area contributed by atoms with Gasteiger partial charge in [0.2, 0.25) is 0 Å². The molecule has 2 rings (SSSR count). The molecule has 0 spiro atoms. The summed E-state index contributed by atoms with van der Waals surface area (Å²) < 4.78 is 19.8. The minimum absolute atomic E-state index is 0.250. The van der Waals surface area contributed by atoms with Gasteiger partial charge in [-0.1, -0.05) is 44.0 Å². The molecule has 0 radical (unpaired) electrons. The maximum atomic E-state index is 13.1. The first-order chi connectivity index (χ1) is 8.69. The van der Waals surface area contributed by atoms with Crippen molar-refractivity contribution in [1.82, 2.24) is 0 Å². The van der Waals surface area contributed by atoms with Crippen LogP contribution in [0.15, 0.2) is 46.9 Å². The average Bonchev–Trinajstić information content (AvgIpc) is 2.39. The highest BCUT2D eigenvalue weighted by atomic mass is 79.9. The summed E-state index contributed by atoms with van der Waals surface area (Å²) in [5, 5.41) is 0.570. The van der Waals surface area contributed by atoms with E-state index in [1.54, 1.807) is 6.07 Å². The number of hydrogen-bond donors (Lipinski definition) is 0. The molecule has 0 fully saturated rings. The second kappa shape index (κ2) is 6.34. The lowest BCUT2D eigenvalue weighted by molar-refractivity contribution is 0.303. The van der Waals surface area contributed by atoms with Crippen molar-refractivity contribution in [3.8, 4) is 5.75 Å². The Kier molecular flexibility index (Phi) is 4.78. The summed E-state index contributed by atoms with van der Waals surface area (Å²) in [5.74, 6) is 0.455. The summed E-state index contributed by atoms with van der Waals surface area (Å²) in [4.78, 5) is 0. The number of ether oxygens (including phenoxy) is 1. The zero-order valence-electron chi connectivity index (χ0n) is 9.50. The molecule has 2 aromatic rings. The van der Waals surface area contributed by atoms with Gasteiger partial charge in [-0.15, -0.1) is 0 Å². The molecule has 18 heavy (non-hydrogen) atoms. The lowest BCUT2D eigenvalue weighted by atomic mass is 10.2. The number of benzene rings is 2. The Bertz CT molecular complexity index is 526. The summed E-state index contributed by atoms with van der Waals surface area (Å²) in [5.41, 5.74) is 1.88. The van der Waals surface area contributed by atoms with E-state index < -0.39 is 0 Å². The van der Waals surface area contributed by atoms with Crippen LogP contribution in [0.4, 0.5) is 4.39 Å². The van der Waals surface area contributed by atoms with Crippen molar-refractivity contribution < 1.29 is 9.13 Å². The van der Waals surface area contributed by atoms with Crippen LogP contribution >= 0.6 is 31.9 Å². The molecule has 0 saturated carbocycles. The summed E-state index contributed by atoms with van der Waals surface area (Å²) in [7, 11) is 0. The van der Waals surface area contributed by atoms with Gasteiger partial charge >= 0.3 is 0 Å². The van der Waals surface area contributed by atoms with Crippen molar-refractivity contribution in [2.24, 2.45) is 0 Å². The van der Waals surface area contributed by atoms with E-state index >= 15 is 0 Å². The van der Waals surface area contributed by atoms with Crippen molar-refractivity contribution in [2.75, 3.05) is 0 Å². The fraction of sp³-hybridized carbons (Fsp3) is 0.143. The van der Waals surface area contributed by atoms with Crippen LogP contribution < -0.4 is 4.74 Å². The van der Waals surface area contributed by atoms with Crippen molar-refractivity contribution in [3.05, 3.63) is 63.9 Å². The molecule has 0 aromatic heterocycles. The van der Waals surface area contributed by atoms with E-state index in [2.05, 4.69) is 31.9 Å². The van der Waals surface area contributed by atoms with Crippen LogP contribution in [0, 0.1) is 5.82 Å². The molecule has 0 atom stereocenters. The van der Waals surface area contributed by atoms with E-state index in [0.717, 1.165) is 15.6 Å². The number of hydrogen-bond acceptors (Lipinski definition) is 1. The second-order valence-corrected chi connectivity index (χ2v) is 5.28. The number of rotatable bonds is 4. The van der Waals surface area contributed by atoms with Gasteiger partial charge in [0.25, 0.3) is 0 Å². The SMILES string of the molecule is Fc1ccc(OCc2ccc(Br)cc2)c(CBr)c1. The van der Waals surface area contributed by atoms with Gasteiger partial charge in [0, 0.05) is 15.4 Å². The lowest BCUT2D eigenvalue weighted by Gasteiger charge is -2.10. The molecule has 0 aliphatic heterocycles. The third-order valence-electron chi connectivity index (χ3n) is 2.47. The van der Waals surface area contributed by atoms with Crippen molar-refractivity contribution in [1.29, 1.82) is 0 Å². The number of alkyl halides is 1. The summed E-state index contributed by atoms with van der Waals surface area (Å²) in [6.07, 6.45) is 0. The predicted octanol–water partition coefficient (Wildman–Crippen LogP) is 5.06. The Morgan fingerprint density at radius 2 is 1.78 bits per heavy atom. The predicted molar refractivity (Wildman–Crippen MR) is 77.5 cm³/mol. The Morgan fingerprint density at radius 3 is 2.44 bits per heavy atom. The maximum absolute atomic E-state index is 13.1. The van der Waals surface area contributed by atoms with Gasteiger partial charge in [-0.05, 0) is 35.9 Å². The Balaban J connectivity index is 2.08. The zero-order valence-corrected chi connectivity index (χ0v) is 12.7. The Hall–Kier alpha value is -0.870. The maximum Gasteiger partial charge on any atom is 0.124 e. The minimum atomic E-state index is -0.250. The van der Waals surface area contributed by atoms with Gasteiger partial charge in [0.05, 0.1) is 0 Å². The van der Waals surface area contributed by atoms with Crippen LogP contribution in [0.2, 0.25) is 0 Å². The summed E-state index contributed by atoms with van der Waals surface area (Å²) in [6, 6.07) is 12.5. The first-order valence-electron chi connectivity index (χ1n) is 5.40. The Morgan fingerprint density at radius 1 is 1.06 bits per heavy atom. The summed E-state index contributed by atoms with van der Waals surface area (Å²) >= 11 is 6.71. The van der Waals surface area contributed by atoms with Crippen molar-refractivity contribution >= 4 is 31.9 Å². The van der Waals surface area contributed by atoms with Gasteiger partial charge in [-0.25, -0.2) is 4.39 Å². The lowest BCUT2D eigenvalue weighted by Crippen LogP contribution is -1.98. The molecule has 0 unspecified atom stereocenters. The van der Waals surface area contributed by atoms with E-state index in [4.69, 9.17) is 4.74 Å². The first kappa shape index (κ1) is 13.6. The van der Waals surface area contributed by atoms with Gasteiger partial charge in [-0.2, -0.15) is 0 Å². The van der Waals surface area contributed by atoms with Gasteiger partial charge in [0.1, 0.15) is 18.2 Å². The van der Waals surface area contributed by atoms with Crippen molar-refractivity contribution in [2.45, 2.75) is 11.9 Å². The molecule has 0 saturated heterocycles. The molecule has 0 aliphatic carbocycles. The molecular formula is C14H11Br2FO. The standard InChI is InChI=1S/C14H11Br2FO/c15-8-11-7-13(17)5-6-14(11)18-9-10-1-3-12(16)4-2-10/h1-7H,8-9H2. The zero-order chi connectivity index (χ0) is 13.0. The molecule has 0 aliphatic rings. The molecule has 1 nitrogen and oxygen atoms in total. The minimum Gasteiger partial charge on any atom is -0.489 e. The van der Waals surface area contributed by atoms with Gasteiger partial charge in [0.15, 0.2) is 0 Å². The van der Waals surface area contributed by atoms with E-state index in [1.165, 1.54) is 12.1 Å². The Labute approximate surface area is 122 Å². The quantitative estimate of drug-likeness (QED) is 0.680. The summed E-state index contributed by atoms with van der Waals surface area (Å²) in [6.45, 7) is 0.471. The highest BCUT2D eigenvalue weighted by Crippen LogP contribution is 2.23. The van der Waals surface area contributed by atoms with Crippen LogP contribution in [0.1, 0.15) is 11.1 Å². The van der Waals surface area contributed by atoms with E-state index in [1.807, 2.05) is 24.3 Å². The van der Waals surface area contributed by atoms with Crippen molar-refractivity contribution in [3.63, 3.8) is 0 Å². The van der Waals surface area contributed by atoms with E-state index in [-0.39, 0.29) is 5.82 Å². The smallest absolute Gasteiger partial charge is 0.124 e. The van der Waals surface area contributed by atoms with Crippen LogP contribution in [-0.2, 0) is 11.9 Å². The largest absolute Gasteiger partial charge is 0.489 e.